The van der Waals surface area contributed by atoms with Gasteiger partial charge >= 0.3 is 0 Å². The van der Waals surface area contributed by atoms with Crippen molar-refractivity contribution in [1.29, 1.82) is 0 Å². The lowest BCUT2D eigenvalue weighted by atomic mass is 10.2. The zero-order valence-corrected chi connectivity index (χ0v) is 21.6. The Hall–Kier alpha value is -3.56. The van der Waals surface area contributed by atoms with Gasteiger partial charge in [-0.2, -0.15) is 5.10 Å². The number of carbonyl (C=O) groups is 1. The third-order valence-corrected chi connectivity index (χ3v) is 7.14. The first-order valence-electron chi connectivity index (χ1n) is 12.2. The van der Waals surface area contributed by atoms with Crippen molar-refractivity contribution < 1.29 is 19.0 Å². The number of fused-ring (bicyclic) bond motifs is 1. The minimum atomic E-state index is -0.197. The van der Waals surface area contributed by atoms with E-state index in [1.54, 1.807) is 0 Å². The van der Waals surface area contributed by atoms with E-state index >= 15 is 0 Å². The maximum absolute atomic E-state index is 13.4. The summed E-state index contributed by atoms with van der Waals surface area (Å²) in [7, 11) is 0. The minimum Gasteiger partial charge on any atom is -0.492 e. The summed E-state index contributed by atoms with van der Waals surface area (Å²) in [5, 5.41) is 8.71. The molecular formula is C27H30N4O4S. The molecule has 1 amide bonds. The molecule has 2 aromatic heterocycles. The average Bonchev–Trinajstić information content (AvgIpc) is 3.47. The molecule has 0 bridgehead atoms. The van der Waals surface area contributed by atoms with E-state index in [4.69, 9.17) is 14.2 Å². The van der Waals surface area contributed by atoms with Crippen LogP contribution in [0.3, 0.4) is 0 Å². The monoisotopic (exact) mass is 506 g/mol. The van der Waals surface area contributed by atoms with Gasteiger partial charge in [-0.3, -0.25) is 4.79 Å². The zero-order chi connectivity index (χ0) is 25.1. The van der Waals surface area contributed by atoms with Crippen LogP contribution in [0.2, 0.25) is 0 Å². The number of hydrogen-bond acceptors (Lipinski definition) is 7. The molecular weight excluding hydrogens is 476 g/mol. The number of benzene rings is 2. The van der Waals surface area contributed by atoms with Crippen molar-refractivity contribution in [1.82, 2.24) is 9.78 Å². The van der Waals surface area contributed by atoms with Crippen molar-refractivity contribution in [2.45, 2.75) is 20.8 Å². The normalized spacial score (nSPS) is 13.7. The number of amides is 1. The predicted molar refractivity (Wildman–Crippen MR) is 143 cm³/mol. The van der Waals surface area contributed by atoms with Gasteiger partial charge in [-0.05, 0) is 39.0 Å². The fourth-order valence-corrected chi connectivity index (χ4v) is 5.41. The molecule has 0 aliphatic carbocycles. The zero-order valence-electron chi connectivity index (χ0n) is 20.7. The first kappa shape index (κ1) is 24.1. The number of aryl methyl sites for hydroxylation is 1. The van der Waals surface area contributed by atoms with Gasteiger partial charge in [0, 0.05) is 30.6 Å². The Kier molecular flexibility index (Phi) is 7.11. The van der Waals surface area contributed by atoms with Crippen LogP contribution in [0.1, 0.15) is 29.2 Å². The lowest BCUT2D eigenvalue weighted by Gasteiger charge is -2.31. The Balaban J connectivity index is 1.48. The molecule has 3 heterocycles. The van der Waals surface area contributed by atoms with Crippen LogP contribution in [0, 0.1) is 6.92 Å². The molecule has 0 radical (unpaired) electrons. The number of rotatable bonds is 8. The Labute approximate surface area is 214 Å². The van der Waals surface area contributed by atoms with Crippen molar-refractivity contribution in [3.8, 4) is 17.2 Å². The molecule has 0 atom stereocenters. The summed E-state index contributed by atoms with van der Waals surface area (Å²) >= 11 is 1.42. The average molecular weight is 507 g/mol. The number of nitrogens with zero attached hydrogens (tertiary/aromatic N) is 3. The van der Waals surface area contributed by atoms with Gasteiger partial charge in [0.25, 0.3) is 5.91 Å². The molecule has 188 valence electrons. The highest BCUT2D eigenvalue weighted by molar-refractivity contribution is 7.20. The predicted octanol–water partition coefficient (Wildman–Crippen LogP) is 5.28. The van der Waals surface area contributed by atoms with E-state index in [2.05, 4.69) is 15.3 Å². The van der Waals surface area contributed by atoms with Crippen molar-refractivity contribution in [3.63, 3.8) is 0 Å². The highest BCUT2D eigenvalue weighted by Crippen LogP contribution is 2.40. The first-order valence-corrected chi connectivity index (χ1v) is 13.0. The molecule has 5 rings (SSSR count). The van der Waals surface area contributed by atoms with Gasteiger partial charge in [-0.1, -0.05) is 18.2 Å². The topological polar surface area (TPSA) is 77.8 Å². The van der Waals surface area contributed by atoms with Crippen LogP contribution in [0.15, 0.2) is 48.5 Å². The molecule has 2 aromatic carbocycles. The van der Waals surface area contributed by atoms with Gasteiger partial charge in [0.1, 0.15) is 16.3 Å². The molecule has 0 unspecified atom stereocenters. The lowest BCUT2D eigenvalue weighted by molar-refractivity contribution is 0.103. The lowest BCUT2D eigenvalue weighted by Crippen LogP contribution is -2.36. The number of ether oxygens (including phenoxy) is 3. The molecule has 1 aliphatic heterocycles. The summed E-state index contributed by atoms with van der Waals surface area (Å²) < 4.78 is 19.3. The molecule has 36 heavy (non-hydrogen) atoms. The molecule has 1 aliphatic rings. The maximum Gasteiger partial charge on any atom is 0.265 e. The molecule has 4 aromatic rings. The van der Waals surface area contributed by atoms with Gasteiger partial charge in [0.05, 0.1) is 54.1 Å². The summed E-state index contributed by atoms with van der Waals surface area (Å²) in [4.78, 5) is 17.2. The van der Waals surface area contributed by atoms with E-state index < -0.39 is 0 Å². The van der Waals surface area contributed by atoms with Gasteiger partial charge < -0.3 is 24.4 Å². The SMILES string of the molecule is CCOc1cc(N2CCOCC2)c(OCC)cc1NC(=O)c1cc2c(C)nn(-c3ccccc3)c2s1. The molecule has 0 spiro atoms. The Morgan fingerprint density at radius 3 is 2.50 bits per heavy atom. The summed E-state index contributed by atoms with van der Waals surface area (Å²) in [6, 6.07) is 15.7. The van der Waals surface area contributed by atoms with Gasteiger partial charge in [-0.25, -0.2) is 4.68 Å². The largest absolute Gasteiger partial charge is 0.492 e. The number of nitrogens with one attached hydrogen (secondary N) is 1. The standard InChI is InChI=1S/C27H30N4O4S/c1-4-34-23-17-22(30-11-13-33-14-12-30)24(35-5-2)16-21(23)28-26(32)25-15-20-18(3)29-31(27(20)36-25)19-9-7-6-8-10-19/h6-10,15-17H,4-5,11-14H2,1-3H3,(H,28,32). The van der Waals surface area contributed by atoms with E-state index in [0.29, 0.717) is 48.5 Å². The number of para-hydroxylation sites is 1. The number of thiophene rings is 1. The van der Waals surface area contributed by atoms with Crippen LogP contribution in [-0.4, -0.2) is 55.2 Å². The quantitative estimate of drug-likeness (QED) is 0.350. The van der Waals surface area contributed by atoms with Crippen LogP contribution in [-0.2, 0) is 4.74 Å². The molecule has 9 heteroatoms. The van der Waals surface area contributed by atoms with E-state index in [-0.39, 0.29) is 5.91 Å². The van der Waals surface area contributed by atoms with E-state index in [0.717, 1.165) is 40.4 Å². The number of aromatic nitrogens is 2. The summed E-state index contributed by atoms with van der Waals surface area (Å²) in [5.74, 6) is 1.13. The van der Waals surface area contributed by atoms with Crippen LogP contribution in [0.5, 0.6) is 11.5 Å². The molecule has 8 nitrogen and oxygen atoms in total. The van der Waals surface area contributed by atoms with Crippen molar-refractivity contribution in [3.05, 3.63) is 59.1 Å². The van der Waals surface area contributed by atoms with E-state index in [9.17, 15) is 4.79 Å². The van der Waals surface area contributed by atoms with Crippen molar-refractivity contribution in [2.24, 2.45) is 0 Å². The Morgan fingerprint density at radius 2 is 1.78 bits per heavy atom. The third-order valence-electron chi connectivity index (χ3n) is 6.03. The highest BCUT2D eigenvalue weighted by Gasteiger charge is 2.22. The summed E-state index contributed by atoms with van der Waals surface area (Å²) in [5.41, 5.74) is 3.37. The second-order valence-electron chi connectivity index (χ2n) is 8.40. The number of morpholine rings is 1. The second kappa shape index (κ2) is 10.6. The van der Waals surface area contributed by atoms with Crippen LogP contribution < -0.4 is 19.7 Å². The molecule has 0 saturated carbocycles. The van der Waals surface area contributed by atoms with Crippen LogP contribution in [0.25, 0.3) is 15.9 Å². The van der Waals surface area contributed by atoms with Gasteiger partial charge in [0.15, 0.2) is 0 Å². The van der Waals surface area contributed by atoms with Crippen LogP contribution in [0.4, 0.5) is 11.4 Å². The number of carbonyl (C=O) groups excluding carboxylic acids is 1. The van der Waals surface area contributed by atoms with Gasteiger partial charge in [-0.15, -0.1) is 11.3 Å². The van der Waals surface area contributed by atoms with Crippen LogP contribution >= 0.6 is 11.3 Å². The maximum atomic E-state index is 13.4. The fraction of sp³-hybridized carbons (Fsp3) is 0.333. The Morgan fingerprint density at radius 1 is 1.06 bits per heavy atom. The third kappa shape index (κ3) is 4.76. The van der Waals surface area contributed by atoms with Crippen molar-refractivity contribution >= 4 is 38.8 Å². The number of hydrogen-bond donors (Lipinski definition) is 1. The minimum absolute atomic E-state index is 0.197. The summed E-state index contributed by atoms with van der Waals surface area (Å²) in [6.07, 6.45) is 0. The smallest absolute Gasteiger partial charge is 0.265 e. The van der Waals surface area contributed by atoms with E-state index in [1.165, 1.54) is 11.3 Å². The number of anilines is 2. The molecule has 1 N–H and O–H groups in total. The summed E-state index contributed by atoms with van der Waals surface area (Å²) in [6.45, 7) is 9.72. The Bertz CT molecular complexity index is 1360. The fourth-order valence-electron chi connectivity index (χ4n) is 4.33. The highest BCUT2D eigenvalue weighted by atomic mass is 32.1. The first-order chi connectivity index (χ1) is 17.6. The molecule has 1 fully saturated rings. The van der Waals surface area contributed by atoms with Crippen molar-refractivity contribution in [2.75, 3.05) is 49.7 Å². The molecule has 1 saturated heterocycles. The van der Waals surface area contributed by atoms with Gasteiger partial charge in [0.2, 0.25) is 0 Å². The second-order valence-corrected chi connectivity index (χ2v) is 9.43. The van der Waals surface area contributed by atoms with E-state index in [1.807, 2.05) is 74.0 Å².